The Kier molecular flexibility index (Phi) is 3.15. The zero-order chi connectivity index (χ0) is 12.7. The van der Waals surface area contributed by atoms with Gasteiger partial charge >= 0.3 is 0 Å². The number of nitrogens with two attached hydrogens (primary N) is 1. The maximum Gasteiger partial charge on any atom is 0.201 e. The Morgan fingerprint density at radius 1 is 1.39 bits per heavy atom. The van der Waals surface area contributed by atoms with Crippen LogP contribution in [0.2, 0.25) is 0 Å². The van der Waals surface area contributed by atoms with Gasteiger partial charge in [0.05, 0.1) is 11.0 Å². The van der Waals surface area contributed by atoms with Crippen molar-refractivity contribution in [2.75, 3.05) is 17.2 Å². The summed E-state index contributed by atoms with van der Waals surface area (Å²) in [5, 5.41) is 0. The standard InChI is InChI=1S/C12H14BrN3OS/c13-8-1-2-10-11(7-8)16(12(14)15-10)9-3-5-18(17)6-4-9/h1-2,7,9H,3-6H2,(H2,14,15). The van der Waals surface area contributed by atoms with E-state index in [1.165, 1.54) is 0 Å². The van der Waals surface area contributed by atoms with E-state index in [0.29, 0.717) is 12.0 Å². The van der Waals surface area contributed by atoms with Crippen LogP contribution in [-0.4, -0.2) is 25.3 Å². The van der Waals surface area contributed by atoms with E-state index in [0.717, 1.165) is 39.9 Å². The van der Waals surface area contributed by atoms with Gasteiger partial charge in [-0.2, -0.15) is 0 Å². The SMILES string of the molecule is Nc1nc2ccc(Br)cc2n1C1CCS(=O)CC1. The van der Waals surface area contributed by atoms with Crippen LogP contribution >= 0.6 is 15.9 Å². The summed E-state index contributed by atoms with van der Waals surface area (Å²) < 4.78 is 14.5. The summed E-state index contributed by atoms with van der Waals surface area (Å²) in [6.45, 7) is 0. The molecule has 3 rings (SSSR count). The number of rotatable bonds is 1. The fourth-order valence-electron chi connectivity index (χ4n) is 2.51. The summed E-state index contributed by atoms with van der Waals surface area (Å²) in [5.41, 5.74) is 8.00. The molecule has 0 bridgehead atoms. The first-order valence-electron chi connectivity index (χ1n) is 5.93. The van der Waals surface area contributed by atoms with Gasteiger partial charge in [0.2, 0.25) is 5.95 Å². The highest BCUT2D eigenvalue weighted by atomic mass is 79.9. The fraction of sp³-hybridized carbons (Fsp3) is 0.417. The van der Waals surface area contributed by atoms with Crippen molar-refractivity contribution in [2.45, 2.75) is 18.9 Å². The molecule has 0 amide bonds. The van der Waals surface area contributed by atoms with Crippen LogP contribution in [0.25, 0.3) is 11.0 Å². The highest BCUT2D eigenvalue weighted by Gasteiger charge is 2.23. The minimum Gasteiger partial charge on any atom is -0.369 e. The Morgan fingerprint density at radius 3 is 2.83 bits per heavy atom. The van der Waals surface area contributed by atoms with Crippen molar-refractivity contribution < 1.29 is 4.21 Å². The van der Waals surface area contributed by atoms with E-state index >= 15 is 0 Å². The number of imidazole rings is 1. The Balaban J connectivity index is 2.07. The van der Waals surface area contributed by atoms with Gasteiger partial charge in [0.1, 0.15) is 0 Å². The molecule has 1 aromatic heterocycles. The lowest BCUT2D eigenvalue weighted by molar-refractivity contribution is 0.478. The number of aromatic nitrogens is 2. The second-order valence-electron chi connectivity index (χ2n) is 4.55. The van der Waals surface area contributed by atoms with E-state index in [9.17, 15) is 4.21 Å². The first kappa shape index (κ1) is 12.2. The first-order chi connectivity index (χ1) is 8.65. The maximum atomic E-state index is 11.4. The molecule has 1 aromatic carbocycles. The number of nitrogen functional groups attached to an aromatic ring is 1. The number of fused-ring (bicyclic) bond motifs is 1. The molecule has 0 saturated carbocycles. The van der Waals surface area contributed by atoms with E-state index in [1.54, 1.807) is 0 Å². The van der Waals surface area contributed by atoms with Gasteiger partial charge in [0.25, 0.3) is 0 Å². The molecule has 96 valence electrons. The number of hydrogen-bond donors (Lipinski definition) is 1. The van der Waals surface area contributed by atoms with Crippen molar-refractivity contribution in [3.8, 4) is 0 Å². The monoisotopic (exact) mass is 327 g/mol. The summed E-state index contributed by atoms with van der Waals surface area (Å²) in [6.07, 6.45) is 1.82. The van der Waals surface area contributed by atoms with Crippen molar-refractivity contribution in [3.05, 3.63) is 22.7 Å². The van der Waals surface area contributed by atoms with Crippen molar-refractivity contribution in [2.24, 2.45) is 0 Å². The predicted molar refractivity (Wildman–Crippen MR) is 78.0 cm³/mol. The maximum absolute atomic E-state index is 11.4. The summed E-state index contributed by atoms with van der Waals surface area (Å²) in [4.78, 5) is 4.39. The molecule has 0 unspecified atom stereocenters. The minimum atomic E-state index is -0.651. The normalized spacial score (nSPS) is 24.5. The third-order valence-electron chi connectivity index (χ3n) is 3.40. The van der Waals surface area contributed by atoms with Gasteiger partial charge in [-0.15, -0.1) is 0 Å². The topological polar surface area (TPSA) is 60.9 Å². The van der Waals surface area contributed by atoms with Crippen LogP contribution < -0.4 is 5.73 Å². The molecule has 0 atom stereocenters. The highest BCUT2D eigenvalue weighted by Crippen LogP contribution is 2.31. The molecule has 2 heterocycles. The minimum absolute atomic E-state index is 0.321. The third kappa shape index (κ3) is 2.07. The van der Waals surface area contributed by atoms with Crippen LogP contribution in [0, 0.1) is 0 Å². The summed E-state index contributed by atoms with van der Waals surface area (Å²) >= 11 is 3.48. The molecule has 4 nitrogen and oxygen atoms in total. The van der Waals surface area contributed by atoms with E-state index < -0.39 is 10.8 Å². The molecule has 1 fully saturated rings. The van der Waals surface area contributed by atoms with Gasteiger partial charge in [-0.1, -0.05) is 15.9 Å². The number of hydrogen-bond acceptors (Lipinski definition) is 3. The average molecular weight is 328 g/mol. The molecule has 1 saturated heterocycles. The lowest BCUT2D eigenvalue weighted by Gasteiger charge is -2.24. The quantitative estimate of drug-likeness (QED) is 0.875. The predicted octanol–water partition coefficient (Wildman–Crippen LogP) is 2.46. The van der Waals surface area contributed by atoms with Crippen molar-refractivity contribution in [3.63, 3.8) is 0 Å². The largest absolute Gasteiger partial charge is 0.369 e. The van der Waals surface area contributed by atoms with Gasteiger partial charge in [-0.3, -0.25) is 4.21 Å². The summed E-state index contributed by atoms with van der Waals surface area (Å²) in [7, 11) is -0.651. The Hall–Kier alpha value is -0.880. The lowest BCUT2D eigenvalue weighted by Crippen LogP contribution is -2.22. The lowest BCUT2D eigenvalue weighted by atomic mass is 10.1. The van der Waals surface area contributed by atoms with E-state index in [2.05, 4.69) is 25.5 Å². The molecule has 2 N–H and O–H groups in total. The van der Waals surface area contributed by atoms with Gasteiger partial charge in [-0.05, 0) is 31.0 Å². The molecular formula is C12H14BrN3OS. The van der Waals surface area contributed by atoms with Crippen LogP contribution in [-0.2, 0) is 10.8 Å². The Morgan fingerprint density at radius 2 is 2.11 bits per heavy atom. The smallest absolute Gasteiger partial charge is 0.201 e. The van der Waals surface area contributed by atoms with E-state index in [1.807, 2.05) is 18.2 Å². The first-order valence-corrected chi connectivity index (χ1v) is 8.21. The third-order valence-corrected chi connectivity index (χ3v) is 5.28. The Bertz CT molecular complexity index is 615. The van der Waals surface area contributed by atoms with Crippen molar-refractivity contribution in [1.82, 2.24) is 9.55 Å². The molecule has 1 aliphatic heterocycles. The van der Waals surface area contributed by atoms with Crippen molar-refractivity contribution >= 4 is 43.7 Å². The molecule has 0 spiro atoms. The molecule has 0 aliphatic carbocycles. The zero-order valence-electron chi connectivity index (χ0n) is 9.80. The highest BCUT2D eigenvalue weighted by molar-refractivity contribution is 9.10. The van der Waals surface area contributed by atoms with Crippen LogP contribution in [0.1, 0.15) is 18.9 Å². The van der Waals surface area contributed by atoms with Crippen LogP contribution in [0.5, 0.6) is 0 Å². The zero-order valence-corrected chi connectivity index (χ0v) is 12.2. The van der Waals surface area contributed by atoms with Crippen molar-refractivity contribution in [1.29, 1.82) is 0 Å². The summed E-state index contributed by atoms with van der Waals surface area (Å²) in [5.74, 6) is 2.08. The molecule has 6 heteroatoms. The molecule has 1 aliphatic rings. The van der Waals surface area contributed by atoms with E-state index in [-0.39, 0.29) is 0 Å². The summed E-state index contributed by atoms with van der Waals surface area (Å²) in [6, 6.07) is 6.30. The molecular weight excluding hydrogens is 314 g/mol. The van der Waals surface area contributed by atoms with Crippen LogP contribution in [0.4, 0.5) is 5.95 Å². The van der Waals surface area contributed by atoms with Crippen LogP contribution in [0.15, 0.2) is 22.7 Å². The number of anilines is 1. The van der Waals surface area contributed by atoms with Gasteiger partial charge < -0.3 is 10.3 Å². The second kappa shape index (κ2) is 4.66. The van der Waals surface area contributed by atoms with Gasteiger partial charge in [0, 0.05) is 32.8 Å². The van der Waals surface area contributed by atoms with E-state index in [4.69, 9.17) is 5.73 Å². The molecule has 2 aromatic rings. The molecule has 18 heavy (non-hydrogen) atoms. The Labute approximate surface area is 116 Å². The number of benzene rings is 1. The second-order valence-corrected chi connectivity index (χ2v) is 7.16. The fourth-order valence-corrected chi connectivity index (χ4v) is 4.13. The van der Waals surface area contributed by atoms with Crippen LogP contribution in [0.3, 0.4) is 0 Å². The van der Waals surface area contributed by atoms with Gasteiger partial charge in [-0.25, -0.2) is 4.98 Å². The van der Waals surface area contributed by atoms with Gasteiger partial charge in [0.15, 0.2) is 0 Å². The number of nitrogens with zero attached hydrogens (tertiary/aromatic N) is 2. The molecule has 0 radical (unpaired) electrons. The average Bonchev–Trinajstić information content (AvgIpc) is 2.66. The number of halogens is 1.